The molecule has 3 heterocycles. The molecule has 0 fully saturated rings. The zero-order valence-corrected chi connectivity index (χ0v) is 19.3. The summed E-state index contributed by atoms with van der Waals surface area (Å²) in [5.74, 6) is 1.60. The predicted molar refractivity (Wildman–Crippen MR) is 124 cm³/mol. The molecule has 0 saturated heterocycles. The van der Waals surface area contributed by atoms with Crippen LogP contribution >= 0.6 is 12.2 Å². The summed E-state index contributed by atoms with van der Waals surface area (Å²) in [5.41, 5.74) is 2.84. The molecule has 33 heavy (non-hydrogen) atoms. The lowest BCUT2D eigenvalue weighted by molar-refractivity contribution is -0.908. The number of likely N-dealkylation sites (N-methyl/N-ethyl adjacent to an activating group) is 1. The van der Waals surface area contributed by atoms with Gasteiger partial charge >= 0.3 is 0 Å². The van der Waals surface area contributed by atoms with E-state index in [0.717, 1.165) is 34.6 Å². The highest BCUT2D eigenvalue weighted by atomic mass is 32.1. The van der Waals surface area contributed by atoms with Crippen molar-refractivity contribution in [2.45, 2.75) is 25.4 Å². The number of quaternary nitrogens is 1. The molecule has 5 rings (SSSR count). The van der Waals surface area contributed by atoms with E-state index < -0.39 is 11.6 Å². The van der Waals surface area contributed by atoms with Gasteiger partial charge in [0.15, 0.2) is 22.3 Å². The lowest BCUT2D eigenvalue weighted by atomic mass is 9.87. The van der Waals surface area contributed by atoms with Crippen LogP contribution in [0.1, 0.15) is 28.3 Å². The van der Waals surface area contributed by atoms with E-state index in [2.05, 4.69) is 4.98 Å². The van der Waals surface area contributed by atoms with E-state index in [1.807, 2.05) is 43.4 Å². The quantitative estimate of drug-likeness (QED) is 0.495. The zero-order valence-electron chi connectivity index (χ0n) is 18.5. The molecule has 8 nitrogen and oxygen atoms in total. The van der Waals surface area contributed by atoms with E-state index in [0.29, 0.717) is 30.2 Å². The number of aromatic hydroxyl groups is 1. The maximum atomic E-state index is 13.2. The van der Waals surface area contributed by atoms with Crippen LogP contribution in [0.4, 0.5) is 0 Å². The van der Waals surface area contributed by atoms with Gasteiger partial charge in [0.1, 0.15) is 5.56 Å². The van der Waals surface area contributed by atoms with Gasteiger partial charge in [0.2, 0.25) is 18.4 Å². The third kappa shape index (κ3) is 3.67. The Balaban J connectivity index is 1.64. The molecule has 0 radical (unpaired) electrons. The van der Waals surface area contributed by atoms with Crippen LogP contribution in [0.25, 0.3) is 0 Å². The topological polar surface area (TPSA) is 90.2 Å². The fraction of sp³-hybridized carbons (Fsp3) is 0.333. The summed E-state index contributed by atoms with van der Waals surface area (Å²) in [6.07, 6.45) is 1.45. The molecule has 0 aliphatic carbocycles. The molecule has 0 spiro atoms. The van der Waals surface area contributed by atoms with E-state index in [4.69, 9.17) is 26.4 Å². The predicted octanol–water partition coefficient (Wildman–Crippen LogP) is 1.75. The van der Waals surface area contributed by atoms with Crippen LogP contribution in [0.3, 0.4) is 0 Å². The van der Waals surface area contributed by atoms with Gasteiger partial charge in [0, 0.05) is 13.0 Å². The molecule has 3 N–H and O–H groups in total. The Kier molecular flexibility index (Phi) is 5.59. The number of fused-ring (bicyclic) bond motifs is 2. The maximum absolute atomic E-state index is 13.2. The largest absolute Gasteiger partial charge is 0.494 e. The second-order valence-corrected chi connectivity index (χ2v) is 8.77. The summed E-state index contributed by atoms with van der Waals surface area (Å²) in [5, 5.41) is 11.3. The number of rotatable bonds is 5. The molecule has 2 aromatic carbocycles. The van der Waals surface area contributed by atoms with Crippen LogP contribution in [-0.2, 0) is 19.4 Å². The first kappa shape index (κ1) is 21.5. The van der Waals surface area contributed by atoms with Gasteiger partial charge in [-0.25, -0.2) is 0 Å². The van der Waals surface area contributed by atoms with Crippen LogP contribution in [0.5, 0.6) is 23.1 Å². The summed E-state index contributed by atoms with van der Waals surface area (Å²) in [4.78, 5) is 17.0. The van der Waals surface area contributed by atoms with Crippen molar-refractivity contribution >= 4 is 12.2 Å². The van der Waals surface area contributed by atoms with Gasteiger partial charge in [0.25, 0.3) is 5.56 Å². The minimum atomic E-state index is -0.458. The Hall–Kier alpha value is -3.30. The summed E-state index contributed by atoms with van der Waals surface area (Å²) in [7, 11) is 3.58. The molecule has 172 valence electrons. The lowest BCUT2D eigenvalue weighted by Gasteiger charge is -2.33. The Morgan fingerprint density at radius 1 is 1.27 bits per heavy atom. The van der Waals surface area contributed by atoms with Crippen molar-refractivity contribution in [1.82, 2.24) is 9.55 Å². The van der Waals surface area contributed by atoms with Gasteiger partial charge in [0.05, 0.1) is 26.3 Å². The number of hydrogen-bond acceptors (Lipinski definition) is 6. The number of aromatic amines is 1. The molecule has 3 aromatic rings. The first-order valence-corrected chi connectivity index (χ1v) is 11.3. The second-order valence-electron chi connectivity index (χ2n) is 8.38. The number of nitrogens with one attached hydrogen (secondary N) is 2. The number of benzene rings is 2. The Morgan fingerprint density at radius 2 is 2.06 bits per heavy atom. The first-order valence-electron chi connectivity index (χ1n) is 10.9. The van der Waals surface area contributed by atoms with Crippen LogP contribution in [0.15, 0.2) is 41.2 Å². The molecule has 0 saturated carbocycles. The zero-order chi connectivity index (χ0) is 23.1. The Morgan fingerprint density at radius 3 is 2.82 bits per heavy atom. The van der Waals surface area contributed by atoms with Crippen LogP contribution < -0.4 is 24.7 Å². The van der Waals surface area contributed by atoms with Crippen molar-refractivity contribution in [2.24, 2.45) is 0 Å². The van der Waals surface area contributed by atoms with Gasteiger partial charge in [-0.3, -0.25) is 14.3 Å². The number of methoxy groups -OCH3 is 1. The fourth-order valence-corrected chi connectivity index (χ4v) is 5.12. The van der Waals surface area contributed by atoms with Crippen LogP contribution in [-0.4, -0.2) is 42.2 Å². The second kappa shape index (κ2) is 8.57. The normalized spacial score (nSPS) is 18.7. The molecule has 0 amide bonds. The molecule has 9 heteroatoms. The Labute approximate surface area is 196 Å². The summed E-state index contributed by atoms with van der Waals surface area (Å²) in [6.45, 7) is 1.34. The summed E-state index contributed by atoms with van der Waals surface area (Å²) >= 11 is 5.40. The first-order chi connectivity index (χ1) is 16.0. The van der Waals surface area contributed by atoms with Crippen molar-refractivity contribution in [3.05, 3.63) is 73.8 Å². The monoisotopic (exact) mass is 468 g/mol. The van der Waals surface area contributed by atoms with Gasteiger partial charge in [-0.1, -0.05) is 30.3 Å². The number of ether oxygens (including phenoxy) is 3. The standard InChI is InChI=1S/C24H25N3O5S/c1-26-10-9-15-12-16-20(32-13-31-16)21(30-2)17(15)19(26)18-22(28)25-24(33)27(23(18)29)11-8-14-6-4-3-5-7-14/h3-7,12,19,29H,8-11,13H2,1-2H3,(H,25,28,33)/p+1/t19-/m1/s1. The molecule has 1 aromatic heterocycles. The average Bonchev–Trinajstić information content (AvgIpc) is 3.27. The number of aryl methyl sites for hydroxylation is 1. The minimum Gasteiger partial charge on any atom is -0.494 e. The number of hydrogen-bond donors (Lipinski definition) is 3. The molecular formula is C24H26N3O5S+. The van der Waals surface area contributed by atoms with Crippen molar-refractivity contribution in [3.8, 4) is 23.1 Å². The third-order valence-electron chi connectivity index (χ3n) is 6.48. The Bertz CT molecular complexity index is 1320. The van der Waals surface area contributed by atoms with Gasteiger partial charge in [-0.05, 0) is 35.8 Å². The number of H-pyrrole nitrogens is 1. The summed E-state index contributed by atoms with van der Waals surface area (Å²) in [6, 6.07) is 11.5. The highest BCUT2D eigenvalue weighted by molar-refractivity contribution is 7.71. The van der Waals surface area contributed by atoms with E-state index in [-0.39, 0.29) is 23.0 Å². The molecule has 2 aliphatic rings. The van der Waals surface area contributed by atoms with Crippen LogP contribution in [0.2, 0.25) is 0 Å². The maximum Gasteiger partial charge on any atom is 0.265 e. The van der Waals surface area contributed by atoms with E-state index in [1.54, 1.807) is 11.7 Å². The molecule has 1 unspecified atom stereocenters. The molecule has 0 bridgehead atoms. The van der Waals surface area contributed by atoms with Crippen LogP contribution in [0, 0.1) is 4.77 Å². The molecular weight excluding hydrogens is 442 g/mol. The summed E-state index contributed by atoms with van der Waals surface area (Å²) < 4.78 is 18.8. The van der Waals surface area contributed by atoms with Gasteiger partial charge < -0.3 is 24.2 Å². The minimum absolute atomic E-state index is 0.114. The lowest BCUT2D eigenvalue weighted by Crippen LogP contribution is -3.10. The van der Waals surface area contributed by atoms with E-state index >= 15 is 0 Å². The highest BCUT2D eigenvalue weighted by Gasteiger charge is 2.40. The SMILES string of the molecule is COc1c2c(cc3c1[C@H](c1c(O)n(CCc4ccccc4)c(=S)[nH]c1=O)[NH+](C)CC3)OCO2. The fourth-order valence-electron chi connectivity index (χ4n) is 4.84. The van der Waals surface area contributed by atoms with Crippen molar-refractivity contribution in [2.75, 3.05) is 27.5 Å². The molecule has 2 aliphatic heterocycles. The van der Waals surface area contributed by atoms with Crippen molar-refractivity contribution < 1.29 is 24.2 Å². The highest BCUT2D eigenvalue weighted by Crippen LogP contribution is 2.48. The number of nitrogens with zero attached hydrogens (tertiary/aromatic N) is 1. The average molecular weight is 469 g/mol. The van der Waals surface area contributed by atoms with Crippen molar-refractivity contribution in [3.63, 3.8) is 0 Å². The van der Waals surface area contributed by atoms with Gasteiger partial charge in [-0.2, -0.15) is 0 Å². The van der Waals surface area contributed by atoms with E-state index in [9.17, 15) is 9.90 Å². The third-order valence-corrected chi connectivity index (χ3v) is 6.80. The smallest absolute Gasteiger partial charge is 0.265 e. The van der Waals surface area contributed by atoms with E-state index in [1.165, 1.54) is 0 Å². The molecule has 2 atom stereocenters. The van der Waals surface area contributed by atoms with Crippen molar-refractivity contribution in [1.29, 1.82) is 0 Å². The number of aromatic nitrogens is 2. The van der Waals surface area contributed by atoms with Gasteiger partial charge in [-0.15, -0.1) is 0 Å².